The first-order chi connectivity index (χ1) is 10.2. The zero-order valence-electron chi connectivity index (χ0n) is 11.1. The molecule has 2 nitrogen and oxygen atoms in total. The van der Waals surface area contributed by atoms with Crippen molar-refractivity contribution in [2.24, 2.45) is 0 Å². The third-order valence-electron chi connectivity index (χ3n) is 3.08. The van der Waals surface area contributed by atoms with E-state index in [1.54, 1.807) is 0 Å². The molecule has 2 atom stereocenters. The van der Waals surface area contributed by atoms with E-state index in [4.69, 9.17) is 9.47 Å². The third kappa shape index (κ3) is 4.05. The maximum absolute atomic E-state index is 6.02. The Morgan fingerprint density at radius 2 is 1.59 bits per heavy atom. The van der Waals surface area contributed by atoms with Gasteiger partial charge in [0.2, 0.25) is 0 Å². The van der Waals surface area contributed by atoms with Gasteiger partial charge in [-0.3, -0.25) is 0 Å². The van der Waals surface area contributed by atoms with Crippen LogP contribution in [0.4, 0.5) is 0 Å². The fourth-order valence-electron chi connectivity index (χ4n) is 1.84. The van der Waals surface area contributed by atoms with Gasteiger partial charge in [0.05, 0.1) is 11.4 Å². The lowest BCUT2D eigenvalue weighted by atomic mass is 10.0. The van der Waals surface area contributed by atoms with Crippen molar-refractivity contribution in [3.63, 3.8) is 0 Å². The Bertz CT molecular complexity index is 533. The second kappa shape index (κ2) is 7.87. The summed E-state index contributed by atoms with van der Waals surface area (Å²) >= 11 is 22.0. The highest BCUT2D eigenvalue weighted by Gasteiger charge is 2.62. The number of rotatable bonds is 5. The molecule has 2 rings (SSSR count). The van der Waals surface area contributed by atoms with Gasteiger partial charge in [-0.2, -0.15) is 0 Å². The molecule has 1 aliphatic carbocycles. The zero-order valence-corrected chi connectivity index (χ0v) is 20.6. The minimum Gasteiger partial charge on any atom is -0.491 e. The number of hydrogen-bond donors (Lipinski definition) is 0. The Kier molecular flexibility index (Phi) is 7.13. The number of hydrogen-bond acceptors (Lipinski definition) is 2. The molecule has 0 aromatic heterocycles. The van der Waals surface area contributed by atoms with E-state index in [0.717, 1.165) is 5.75 Å². The van der Waals surface area contributed by atoms with Crippen LogP contribution < -0.4 is 4.74 Å². The van der Waals surface area contributed by atoms with Gasteiger partial charge in [0.1, 0.15) is 18.8 Å². The lowest BCUT2D eigenvalue weighted by molar-refractivity contribution is 0.0357. The molecule has 22 heavy (non-hydrogen) atoms. The van der Waals surface area contributed by atoms with Crippen LogP contribution in [0.2, 0.25) is 0 Å². The van der Waals surface area contributed by atoms with Crippen LogP contribution in [-0.2, 0) is 4.74 Å². The highest BCUT2D eigenvalue weighted by molar-refractivity contribution is 9.31. The normalized spacial score (nSPS) is 29.3. The standard InChI is InChI=1S/C14H12Br6O2/c15-11-6-7-12(16,14(19,20)13(11,17)18)22-9-8-21-10-4-2-1-3-5-10/h1-7,11H,8-9H2. The maximum atomic E-state index is 6.02. The molecule has 1 aromatic rings. The van der Waals surface area contributed by atoms with Gasteiger partial charge in [0.15, 0.2) is 4.51 Å². The quantitative estimate of drug-likeness (QED) is 0.200. The first-order valence-electron chi connectivity index (χ1n) is 6.30. The molecule has 0 bridgehead atoms. The van der Waals surface area contributed by atoms with Gasteiger partial charge in [-0.15, -0.1) is 0 Å². The highest BCUT2D eigenvalue weighted by atomic mass is 79.9. The van der Waals surface area contributed by atoms with Crippen molar-refractivity contribution >= 4 is 95.6 Å². The average molecular weight is 692 g/mol. The number of para-hydroxylation sites is 1. The van der Waals surface area contributed by atoms with Crippen LogP contribution in [0.25, 0.3) is 0 Å². The summed E-state index contributed by atoms with van der Waals surface area (Å²) in [6.07, 6.45) is 3.97. The summed E-state index contributed by atoms with van der Waals surface area (Å²) in [5, 5.41) is 0. The third-order valence-corrected chi connectivity index (χ3v) is 14.2. The summed E-state index contributed by atoms with van der Waals surface area (Å²) in [6, 6.07) is 9.67. The van der Waals surface area contributed by atoms with Crippen LogP contribution in [-0.4, -0.2) is 29.0 Å². The number of halogens is 6. The minimum atomic E-state index is -0.753. The van der Waals surface area contributed by atoms with Gasteiger partial charge in [-0.1, -0.05) is 104 Å². The van der Waals surface area contributed by atoms with Crippen molar-refractivity contribution in [1.82, 2.24) is 0 Å². The second-order valence-electron chi connectivity index (χ2n) is 4.61. The van der Waals surface area contributed by atoms with Gasteiger partial charge >= 0.3 is 0 Å². The van der Waals surface area contributed by atoms with Crippen LogP contribution in [0.15, 0.2) is 42.5 Å². The van der Waals surface area contributed by atoms with Crippen LogP contribution in [0.3, 0.4) is 0 Å². The summed E-state index contributed by atoms with van der Waals surface area (Å²) in [5.74, 6) is 0.828. The Hall–Kier alpha value is 1.60. The van der Waals surface area contributed by atoms with E-state index in [1.165, 1.54) is 0 Å². The smallest absolute Gasteiger partial charge is 0.168 e. The lowest BCUT2D eigenvalue weighted by Gasteiger charge is -2.48. The van der Waals surface area contributed by atoms with E-state index < -0.39 is 11.0 Å². The van der Waals surface area contributed by atoms with E-state index >= 15 is 0 Å². The molecule has 1 aromatic carbocycles. The Morgan fingerprint density at radius 3 is 2.23 bits per heavy atom. The molecule has 0 amide bonds. The number of alkyl halides is 6. The molecule has 0 fully saturated rings. The monoisotopic (exact) mass is 686 g/mol. The number of allylic oxidation sites excluding steroid dienone is 1. The average Bonchev–Trinajstić information content (AvgIpc) is 2.48. The molecule has 0 saturated carbocycles. The van der Waals surface area contributed by atoms with E-state index in [-0.39, 0.29) is 4.83 Å². The van der Waals surface area contributed by atoms with Crippen molar-refractivity contribution in [1.29, 1.82) is 0 Å². The van der Waals surface area contributed by atoms with Gasteiger partial charge < -0.3 is 9.47 Å². The predicted octanol–water partition coefficient (Wildman–Crippen LogP) is 6.48. The van der Waals surface area contributed by atoms with Gasteiger partial charge in [0.25, 0.3) is 0 Å². The molecule has 2 unspecified atom stereocenters. The first kappa shape index (κ1) is 19.9. The molecular weight excluding hydrogens is 680 g/mol. The fourth-order valence-corrected chi connectivity index (χ4v) is 5.99. The van der Waals surface area contributed by atoms with Gasteiger partial charge in [-0.05, 0) is 34.1 Å². The zero-order chi connectivity index (χ0) is 16.4. The SMILES string of the molecule is BrC1C=CC(Br)(OCCOc2ccccc2)C(Br)(Br)C1(Br)Br. The maximum Gasteiger partial charge on any atom is 0.168 e. The minimum absolute atomic E-state index is 0.0635. The Balaban J connectivity index is 1.98. The highest BCUT2D eigenvalue weighted by Crippen LogP contribution is 2.63. The van der Waals surface area contributed by atoms with E-state index in [1.807, 2.05) is 42.5 Å². The first-order valence-corrected chi connectivity index (χ1v) is 11.2. The predicted molar refractivity (Wildman–Crippen MR) is 113 cm³/mol. The Labute approximate surface area is 180 Å². The van der Waals surface area contributed by atoms with E-state index in [0.29, 0.717) is 13.2 Å². The number of ether oxygens (including phenoxy) is 2. The van der Waals surface area contributed by atoms with Crippen LogP contribution in [0.5, 0.6) is 5.75 Å². The van der Waals surface area contributed by atoms with Crippen molar-refractivity contribution in [3.8, 4) is 5.75 Å². The molecule has 8 heteroatoms. The Morgan fingerprint density at radius 1 is 0.955 bits per heavy atom. The van der Waals surface area contributed by atoms with Crippen LogP contribution in [0.1, 0.15) is 0 Å². The van der Waals surface area contributed by atoms with E-state index in [9.17, 15) is 0 Å². The molecule has 1 aliphatic rings. The summed E-state index contributed by atoms with van der Waals surface area (Å²) in [5.41, 5.74) is 0. The van der Waals surface area contributed by atoms with Crippen LogP contribution in [0, 0.1) is 0 Å². The molecule has 0 heterocycles. The molecular formula is C14H12Br6O2. The lowest BCUT2D eigenvalue weighted by Crippen LogP contribution is -2.57. The van der Waals surface area contributed by atoms with Gasteiger partial charge in [0, 0.05) is 0 Å². The van der Waals surface area contributed by atoms with Crippen LogP contribution >= 0.6 is 95.6 Å². The largest absolute Gasteiger partial charge is 0.491 e. The molecule has 0 spiro atoms. The summed E-state index contributed by atoms with van der Waals surface area (Å²) in [6.45, 7) is 0.878. The molecule has 122 valence electrons. The molecule has 0 saturated heterocycles. The topological polar surface area (TPSA) is 18.5 Å². The van der Waals surface area contributed by atoms with Crippen molar-refractivity contribution in [2.75, 3.05) is 13.2 Å². The molecule has 0 aliphatic heterocycles. The van der Waals surface area contributed by atoms with Gasteiger partial charge in [-0.25, -0.2) is 0 Å². The summed E-state index contributed by atoms with van der Waals surface area (Å²) in [4.78, 5) is 0.0635. The summed E-state index contributed by atoms with van der Waals surface area (Å²) < 4.78 is 9.80. The summed E-state index contributed by atoms with van der Waals surface area (Å²) in [7, 11) is 0. The fraction of sp³-hybridized carbons (Fsp3) is 0.429. The molecule has 0 radical (unpaired) electrons. The second-order valence-corrected chi connectivity index (χ2v) is 13.8. The van der Waals surface area contributed by atoms with E-state index in [2.05, 4.69) is 95.6 Å². The van der Waals surface area contributed by atoms with Crippen molar-refractivity contribution < 1.29 is 9.47 Å². The number of benzene rings is 1. The van der Waals surface area contributed by atoms with Crippen molar-refractivity contribution in [2.45, 2.75) is 15.8 Å². The van der Waals surface area contributed by atoms with Crippen molar-refractivity contribution in [3.05, 3.63) is 42.5 Å². The molecule has 0 N–H and O–H groups in total.